The summed E-state index contributed by atoms with van der Waals surface area (Å²) in [5.74, 6) is 0. The molecule has 0 bridgehead atoms. The zero-order valence-electron chi connectivity index (χ0n) is 15.5. The summed E-state index contributed by atoms with van der Waals surface area (Å²) in [7, 11) is 20.8. The van der Waals surface area contributed by atoms with Crippen LogP contribution in [0.25, 0.3) is 0 Å². The minimum Gasteiger partial charge on any atom is -0.297 e. The van der Waals surface area contributed by atoms with Gasteiger partial charge in [-0.05, 0) is 70.5 Å². The predicted octanol–water partition coefficient (Wildman–Crippen LogP) is 2.46. The second-order valence-electron chi connectivity index (χ2n) is 6.60. The molecule has 156 valence electrons. The Hall–Kier alpha value is -0.240. The molecular weight excluding hydrogens is 300 g/mol. The van der Waals surface area contributed by atoms with Gasteiger partial charge in [0.1, 0.15) is 0 Å². The fraction of sp³-hybridized carbons (Fsp3) is 1.00. The van der Waals surface area contributed by atoms with Crippen LogP contribution in [-0.4, -0.2) is 127 Å². The third-order valence-electron chi connectivity index (χ3n) is 2.10. The van der Waals surface area contributed by atoms with E-state index in [2.05, 4.69) is 99.9 Å². The molecule has 0 rings (SSSR count). The van der Waals surface area contributed by atoms with Crippen LogP contribution < -0.4 is 0 Å². The average molecular weight is 355 g/mol. The second-order valence-corrected chi connectivity index (χ2v) is 6.60. The molecule has 0 aliphatic heterocycles. The predicted molar refractivity (Wildman–Crippen MR) is 117 cm³/mol. The van der Waals surface area contributed by atoms with E-state index in [0.29, 0.717) is 0 Å². The molecule has 0 aromatic heterocycles. The summed E-state index contributed by atoms with van der Waals surface area (Å²) in [6.45, 7) is 4.05. The van der Waals surface area contributed by atoms with Crippen molar-refractivity contribution in [3.05, 3.63) is 0 Å². The van der Waals surface area contributed by atoms with E-state index in [1.54, 1.807) is 0 Å². The van der Waals surface area contributed by atoms with Crippen LogP contribution in [0.2, 0.25) is 0 Å². The Bertz CT molecular complexity index is 166. The van der Waals surface area contributed by atoms with Crippen LogP contribution >= 0.6 is 0 Å². The van der Waals surface area contributed by atoms with E-state index in [9.17, 15) is 0 Å². The summed E-state index contributed by atoms with van der Waals surface area (Å²) in [6.07, 6.45) is 0. The van der Waals surface area contributed by atoms with Gasteiger partial charge in [0.15, 0.2) is 0 Å². The molecular formula is C18H54N6. The number of hydrogen-bond donors (Lipinski definition) is 0. The highest BCUT2D eigenvalue weighted by Crippen LogP contribution is 1.85. The molecule has 0 saturated carbocycles. The molecule has 0 aromatic carbocycles. The van der Waals surface area contributed by atoms with Gasteiger partial charge in [0.05, 0.1) is 26.7 Å². The van der Waals surface area contributed by atoms with E-state index < -0.39 is 0 Å². The number of rotatable bonds is 8. The van der Waals surface area contributed by atoms with Crippen molar-refractivity contribution in [1.29, 1.82) is 0 Å². The molecule has 0 atom stereocenters. The third-order valence-corrected chi connectivity index (χ3v) is 2.10. The van der Waals surface area contributed by atoms with E-state index >= 15 is 0 Å². The van der Waals surface area contributed by atoms with E-state index in [0.717, 1.165) is 26.7 Å². The first-order valence-corrected chi connectivity index (χ1v) is 7.00. The SMILES string of the molecule is C.C.C.C.CN(C)CN(C)CN(C)C.CN(C)CN(C)CN(C)C. The molecule has 0 saturated heterocycles. The van der Waals surface area contributed by atoms with Crippen molar-refractivity contribution in [2.75, 3.05) is 97.2 Å². The monoisotopic (exact) mass is 354 g/mol. The highest BCUT2D eigenvalue weighted by Gasteiger charge is 1.99. The van der Waals surface area contributed by atoms with Crippen molar-refractivity contribution in [1.82, 2.24) is 29.4 Å². The van der Waals surface area contributed by atoms with Crippen LogP contribution in [0.4, 0.5) is 0 Å². The van der Waals surface area contributed by atoms with Crippen LogP contribution in [0.1, 0.15) is 29.7 Å². The molecule has 0 radical (unpaired) electrons. The van der Waals surface area contributed by atoms with Gasteiger partial charge in [-0.3, -0.25) is 29.4 Å². The lowest BCUT2D eigenvalue weighted by Gasteiger charge is -2.24. The van der Waals surface area contributed by atoms with Gasteiger partial charge in [0, 0.05) is 0 Å². The van der Waals surface area contributed by atoms with Crippen LogP contribution in [0.5, 0.6) is 0 Å². The van der Waals surface area contributed by atoms with Crippen LogP contribution in [0, 0.1) is 0 Å². The Kier molecular flexibility index (Phi) is 37.0. The Labute approximate surface area is 157 Å². The first-order chi connectivity index (χ1) is 9.04. The van der Waals surface area contributed by atoms with Crippen molar-refractivity contribution in [2.45, 2.75) is 29.7 Å². The number of nitrogens with zero attached hydrogens (tertiary/aromatic N) is 6. The first kappa shape index (κ1) is 39.0. The Morgan fingerprint density at radius 1 is 0.333 bits per heavy atom. The largest absolute Gasteiger partial charge is 0.297 e. The molecule has 0 aliphatic rings. The van der Waals surface area contributed by atoms with Crippen LogP contribution in [0.3, 0.4) is 0 Å². The summed E-state index contributed by atoms with van der Waals surface area (Å²) < 4.78 is 0. The molecule has 0 spiro atoms. The van der Waals surface area contributed by atoms with Crippen molar-refractivity contribution in [2.24, 2.45) is 0 Å². The molecule has 0 amide bonds. The van der Waals surface area contributed by atoms with E-state index in [1.807, 2.05) is 0 Å². The topological polar surface area (TPSA) is 19.4 Å². The highest BCUT2D eigenvalue weighted by molar-refractivity contribution is 4.46. The molecule has 0 heterocycles. The molecule has 6 heteroatoms. The third kappa shape index (κ3) is 37.8. The molecule has 24 heavy (non-hydrogen) atoms. The van der Waals surface area contributed by atoms with Crippen molar-refractivity contribution >= 4 is 0 Å². The maximum absolute atomic E-state index is 2.25. The minimum atomic E-state index is 0. The average Bonchev–Trinajstić information content (AvgIpc) is 2.11. The molecule has 0 N–H and O–H groups in total. The van der Waals surface area contributed by atoms with Gasteiger partial charge in [0.25, 0.3) is 0 Å². The van der Waals surface area contributed by atoms with Crippen molar-refractivity contribution < 1.29 is 0 Å². The fourth-order valence-electron chi connectivity index (χ4n) is 2.02. The zero-order chi connectivity index (χ0) is 16.3. The Morgan fingerprint density at radius 3 is 0.542 bits per heavy atom. The van der Waals surface area contributed by atoms with Gasteiger partial charge in [-0.25, -0.2) is 0 Å². The molecule has 0 aliphatic carbocycles. The summed E-state index contributed by atoms with van der Waals surface area (Å²) in [5.41, 5.74) is 0. The first-order valence-electron chi connectivity index (χ1n) is 7.00. The van der Waals surface area contributed by atoms with Gasteiger partial charge in [0.2, 0.25) is 0 Å². The van der Waals surface area contributed by atoms with Gasteiger partial charge in [-0.15, -0.1) is 0 Å². The quantitative estimate of drug-likeness (QED) is 0.619. The lowest BCUT2D eigenvalue weighted by Crippen LogP contribution is -2.36. The highest BCUT2D eigenvalue weighted by atomic mass is 15.3. The van der Waals surface area contributed by atoms with Crippen LogP contribution in [-0.2, 0) is 0 Å². The Morgan fingerprint density at radius 2 is 0.458 bits per heavy atom. The smallest absolute Gasteiger partial charge is 0.0509 e. The lowest BCUT2D eigenvalue weighted by molar-refractivity contribution is 0.147. The zero-order valence-corrected chi connectivity index (χ0v) is 15.5. The number of hydrogen-bond acceptors (Lipinski definition) is 6. The second kappa shape index (κ2) is 22.8. The normalized spacial score (nSPS) is 10.0. The summed E-state index contributed by atoms with van der Waals surface area (Å²) in [5, 5.41) is 0. The standard InChI is InChI=1S/2C7H19N3.4CH4/c2*1-8(2)6-10(5)7-9(3)4;;;;/h2*6-7H2,1-5H3;4*1H4. The molecule has 0 unspecified atom stereocenters. The van der Waals surface area contributed by atoms with Gasteiger partial charge >= 0.3 is 0 Å². The Balaban J connectivity index is -0.0000000579. The maximum atomic E-state index is 2.25. The summed E-state index contributed by atoms with van der Waals surface area (Å²) in [4.78, 5) is 13.1. The minimum absolute atomic E-state index is 0. The lowest BCUT2D eigenvalue weighted by atomic mass is 10.7. The van der Waals surface area contributed by atoms with Crippen molar-refractivity contribution in [3.63, 3.8) is 0 Å². The van der Waals surface area contributed by atoms with E-state index in [4.69, 9.17) is 0 Å². The van der Waals surface area contributed by atoms with Gasteiger partial charge in [-0.2, -0.15) is 0 Å². The molecule has 0 aromatic rings. The van der Waals surface area contributed by atoms with E-state index in [-0.39, 0.29) is 29.7 Å². The van der Waals surface area contributed by atoms with Gasteiger partial charge < -0.3 is 0 Å². The summed E-state index contributed by atoms with van der Waals surface area (Å²) >= 11 is 0. The van der Waals surface area contributed by atoms with Gasteiger partial charge in [-0.1, -0.05) is 29.7 Å². The molecule has 6 nitrogen and oxygen atoms in total. The molecule has 0 fully saturated rings. The maximum Gasteiger partial charge on any atom is 0.0509 e. The van der Waals surface area contributed by atoms with Crippen LogP contribution in [0.15, 0.2) is 0 Å². The van der Waals surface area contributed by atoms with E-state index in [1.165, 1.54) is 0 Å². The fourth-order valence-corrected chi connectivity index (χ4v) is 2.02. The summed E-state index contributed by atoms with van der Waals surface area (Å²) in [6, 6.07) is 0. The van der Waals surface area contributed by atoms with Crippen molar-refractivity contribution in [3.8, 4) is 0 Å².